The molecule has 2 rings (SSSR count). The monoisotopic (exact) mass is 296 g/mol. The van der Waals surface area contributed by atoms with Crippen molar-refractivity contribution in [2.75, 3.05) is 20.1 Å². The minimum absolute atomic E-state index is 0.120. The number of hydrogen-bond donors (Lipinski definition) is 2. The molecular weight excluding hydrogens is 276 g/mol. The summed E-state index contributed by atoms with van der Waals surface area (Å²) in [5.74, 6) is -0.610. The van der Waals surface area contributed by atoms with E-state index in [-0.39, 0.29) is 11.8 Å². The highest BCUT2D eigenvalue weighted by Crippen LogP contribution is 2.25. The van der Waals surface area contributed by atoms with Crippen LogP contribution in [0.5, 0.6) is 0 Å². The van der Waals surface area contributed by atoms with E-state index in [1.165, 1.54) is 11.3 Å². The summed E-state index contributed by atoms with van der Waals surface area (Å²) >= 11 is 1.33. The minimum Gasteiger partial charge on any atom is -0.477 e. The minimum atomic E-state index is -0.859. The molecule has 110 valence electrons. The largest absolute Gasteiger partial charge is 0.477 e. The van der Waals surface area contributed by atoms with Gasteiger partial charge in [0.1, 0.15) is 4.88 Å². The Hall–Kier alpha value is -1.40. The Balaban J connectivity index is 1.92. The van der Waals surface area contributed by atoms with E-state index in [0.717, 1.165) is 42.9 Å². The van der Waals surface area contributed by atoms with Crippen LogP contribution in [0.1, 0.15) is 33.0 Å². The molecule has 0 aromatic carbocycles. The predicted octanol–water partition coefficient (Wildman–Crippen LogP) is 1.71. The van der Waals surface area contributed by atoms with Crippen LogP contribution in [0.15, 0.2) is 6.07 Å². The van der Waals surface area contributed by atoms with Crippen molar-refractivity contribution in [3.63, 3.8) is 0 Å². The van der Waals surface area contributed by atoms with Crippen LogP contribution in [0.4, 0.5) is 0 Å². The Labute approximate surface area is 122 Å². The van der Waals surface area contributed by atoms with Gasteiger partial charge in [-0.3, -0.25) is 9.69 Å². The van der Waals surface area contributed by atoms with Crippen molar-refractivity contribution in [2.24, 2.45) is 5.92 Å². The van der Waals surface area contributed by atoms with Gasteiger partial charge in [0.05, 0.1) is 0 Å². The first kappa shape index (κ1) is 15.0. The molecule has 5 nitrogen and oxygen atoms in total. The van der Waals surface area contributed by atoms with Crippen LogP contribution in [0.3, 0.4) is 0 Å². The molecule has 1 aromatic rings. The summed E-state index contributed by atoms with van der Waals surface area (Å²) in [6.45, 7) is 4.51. The number of hydrogen-bond acceptors (Lipinski definition) is 4. The molecule has 0 spiro atoms. The molecule has 0 saturated carbocycles. The van der Waals surface area contributed by atoms with Crippen molar-refractivity contribution in [1.29, 1.82) is 0 Å². The van der Waals surface area contributed by atoms with Gasteiger partial charge < -0.3 is 10.4 Å². The van der Waals surface area contributed by atoms with Gasteiger partial charge in [0.2, 0.25) is 5.91 Å². The van der Waals surface area contributed by atoms with Crippen molar-refractivity contribution in [2.45, 2.75) is 26.3 Å². The highest BCUT2D eigenvalue weighted by atomic mass is 32.1. The summed E-state index contributed by atoms with van der Waals surface area (Å²) in [7, 11) is 1.68. The zero-order valence-corrected chi connectivity index (χ0v) is 12.6. The normalized spacial score (nSPS) is 17.1. The lowest BCUT2D eigenvalue weighted by Crippen LogP contribution is -2.39. The zero-order chi connectivity index (χ0) is 14.7. The maximum absolute atomic E-state index is 11.6. The molecule has 1 saturated heterocycles. The lowest BCUT2D eigenvalue weighted by Gasteiger charge is -2.30. The van der Waals surface area contributed by atoms with E-state index in [9.17, 15) is 9.59 Å². The van der Waals surface area contributed by atoms with E-state index in [4.69, 9.17) is 5.11 Å². The van der Waals surface area contributed by atoms with Gasteiger partial charge in [0.25, 0.3) is 0 Å². The molecule has 0 aliphatic carbocycles. The summed E-state index contributed by atoms with van der Waals surface area (Å²) in [6, 6.07) is 1.77. The van der Waals surface area contributed by atoms with Crippen molar-refractivity contribution in [3.8, 4) is 0 Å². The van der Waals surface area contributed by atoms with E-state index in [1.807, 2.05) is 6.92 Å². The Morgan fingerprint density at radius 3 is 2.60 bits per heavy atom. The fourth-order valence-corrected chi connectivity index (χ4v) is 3.45. The molecule has 1 aromatic heterocycles. The van der Waals surface area contributed by atoms with E-state index in [2.05, 4.69) is 10.2 Å². The highest BCUT2D eigenvalue weighted by Gasteiger charge is 2.24. The van der Waals surface area contributed by atoms with E-state index in [1.54, 1.807) is 13.1 Å². The molecule has 1 aliphatic heterocycles. The second-order valence-electron chi connectivity index (χ2n) is 5.16. The molecule has 6 heteroatoms. The summed E-state index contributed by atoms with van der Waals surface area (Å²) in [4.78, 5) is 26.3. The van der Waals surface area contributed by atoms with Crippen LogP contribution in [0, 0.1) is 12.8 Å². The second kappa shape index (κ2) is 6.37. The van der Waals surface area contributed by atoms with E-state index >= 15 is 0 Å². The van der Waals surface area contributed by atoms with Gasteiger partial charge >= 0.3 is 5.97 Å². The Morgan fingerprint density at radius 1 is 1.45 bits per heavy atom. The highest BCUT2D eigenvalue weighted by molar-refractivity contribution is 7.14. The number of aromatic carboxylic acids is 1. The number of carboxylic acids is 1. The number of thiophene rings is 1. The lowest BCUT2D eigenvalue weighted by molar-refractivity contribution is -0.125. The van der Waals surface area contributed by atoms with Gasteiger partial charge in [-0.25, -0.2) is 4.79 Å². The van der Waals surface area contributed by atoms with Crippen molar-refractivity contribution >= 4 is 23.2 Å². The summed E-state index contributed by atoms with van der Waals surface area (Å²) in [5.41, 5.74) is 1.09. The molecule has 20 heavy (non-hydrogen) atoms. The molecule has 1 aliphatic rings. The van der Waals surface area contributed by atoms with Crippen molar-refractivity contribution in [3.05, 3.63) is 21.4 Å². The average Bonchev–Trinajstić information content (AvgIpc) is 2.80. The fourth-order valence-electron chi connectivity index (χ4n) is 2.58. The third-order valence-electron chi connectivity index (χ3n) is 3.83. The molecule has 0 atom stereocenters. The van der Waals surface area contributed by atoms with E-state index in [0.29, 0.717) is 4.88 Å². The SMILES string of the molecule is CNC(=O)C1CCN(Cc2cc(C(=O)O)sc2C)CC1. The smallest absolute Gasteiger partial charge is 0.345 e. The van der Waals surface area contributed by atoms with Gasteiger partial charge in [-0.15, -0.1) is 11.3 Å². The first-order valence-corrected chi connectivity index (χ1v) is 7.59. The third-order valence-corrected chi connectivity index (χ3v) is 4.91. The quantitative estimate of drug-likeness (QED) is 0.887. The van der Waals surface area contributed by atoms with Crippen LogP contribution in [0.25, 0.3) is 0 Å². The number of carbonyl (C=O) groups excluding carboxylic acids is 1. The number of nitrogens with zero attached hydrogens (tertiary/aromatic N) is 1. The predicted molar refractivity (Wildman–Crippen MR) is 78.1 cm³/mol. The summed E-state index contributed by atoms with van der Waals surface area (Å²) in [5, 5.41) is 11.7. The van der Waals surface area contributed by atoms with Crippen LogP contribution >= 0.6 is 11.3 Å². The fraction of sp³-hybridized carbons (Fsp3) is 0.571. The molecule has 2 N–H and O–H groups in total. The lowest BCUT2D eigenvalue weighted by atomic mass is 9.95. The van der Waals surface area contributed by atoms with Gasteiger partial charge in [0, 0.05) is 24.4 Å². The zero-order valence-electron chi connectivity index (χ0n) is 11.8. The topological polar surface area (TPSA) is 69.6 Å². The maximum atomic E-state index is 11.6. The number of aryl methyl sites for hydroxylation is 1. The number of nitrogens with one attached hydrogen (secondary N) is 1. The van der Waals surface area contributed by atoms with Crippen molar-refractivity contribution < 1.29 is 14.7 Å². The van der Waals surface area contributed by atoms with Crippen molar-refractivity contribution in [1.82, 2.24) is 10.2 Å². The maximum Gasteiger partial charge on any atom is 0.345 e. The van der Waals surface area contributed by atoms with Crippen LogP contribution in [0.2, 0.25) is 0 Å². The van der Waals surface area contributed by atoms with E-state index < -0.39 is 5.97 Å². The Kier molecular flexibility index (Phi) is 4.77. The summed E-state index contributed by atoms with van der Waals surface area (Å²) in [6.07, 6.45) is 1.74. The first-order valence-electron chi connectivity index (χ1n) is 6.77. The van der Waals surface area contributed by atoms with Crippen LogP contribution in [-0.4, -0.2) is 42.0 Å². The third kappa shape index (κ3) is 3.37. The number of carbonyl (C=O) groups is 2. The number of carboxylic acid groups (broad SMARTS) is 1. The molecular formula is C14H20N2O3S. The second-order valence-corrected chi connectivity index (χ2v) is 6.42. The number of piperidine rings is 1. The van der Waals surface area contributed by atoms with Gasteiger partial charge in [0.15, 0.2) is 0 Å². The molecule has 0 bridgehead atoms. The number of rotatable bonds is 4. The molecule has 0 radical (unpaired) electrons. The Bertz CT molecular complexity index is 505. The number of likely N-dealkylation sites (tertiary alicyclic amines) is 1. The first-order chi connectivity index (χ1) is 9.51. The van der Waals surface area contributed by atoms with Gasteiger partial charge in [-0.05, 0) is 44.5 Å². The van der Waals surface area contributed by atoms with Gasteiger partial charge in [-0.1, -0.05) is 0 Å². The summed E-state index contributed by atoms with van der Waals surface area (Å²) < 4.78 is 0. The Morgan fingerprint density at radius 2 is 2.10 bits per heavy atom. The van der Waals surface area contributed by atoms with Crippen LogP contribution < -0.4 is 5.32 Å². The number of amides is 1. The molecule has 1 fully saturated rings. The average molecular weight is 296 g/mol. The van der Waals surface area contributed by atoms with Crippen LogP contribution in [-0.2, 0) is 11.3 Å². The van der Waals surface area contributed by atoms with Gasteiger partial charge in [-0.2, -0.15) is 0 Å². The molecule has 2 heterocycles. The molecule has 1 amide bonds. The molecule has 0 unspecified atom stereocenters. The standard InChI is InChI=1S/C14H20N2O3S/c1-9-11(7-12(20-9)14(18)19)8-16-5-3-10(4-6-16)13(17)15-2/h7,10H,3-6,8H2,1-2H3,(H,15,17)(H,18,19).